The quantitative estimate of drug-likeness (QED) is 0.644. The molecule has 25 heavy (non-hydrogen) atoms. The van der Waals surface area contributed by atoms with Crippen LogP contribution in [0.15, 0.2) is 41.2 Å². The van der Waals surface area contributed by atoms with Gasteiger partial charge in [0.05, 0.1) is 12.2 Å². The molecule has 0 aromatic carbocycles. The zero-order valence-corrected chi connectivity index (χ0v) is 13.6. The molecule has 0 aliphatic heterocycles. The SMILES string of the molecule is Nc1nc(NCc2cc(-c3cccnc3)no2)cc(C2CC(N)C2)n1. The van der Waals surface area contributed by atoms with Crippen molar-refractivity contribution in [3.63, 3.8) is 0 Å². The highest BCUT2D eigenvalue weighted by atomic mass is 16.5. The Morgan fingerprint density at radius 2 is 2.12 bits per heavy atom. The zero-order valence-electron chi connectivity index (χ0n) is 13.6. The first kappa shape index (κ1) is 15.5. The van der Waals surface area contributed by atoms with Gasteiger partial charge in [0, 0.05) is 42.0 Å². The van der Waals surface area contributed by atoms with Crippen LogP contribution < -0.4 is 16.8 Å². The fraction of sp³-hybridized carbons (Fsp3) is 0.294. The lowest BCUT2D eigenvalue weighted by atomic mass is 9.78. The number of anilines is 2. The summed E-state index contributed by atoms with van der Waals surface area (Å²) in [5.74, 6) is 1.99. The van der Waals surface area contributed by atoms with E-state index in [-0.39, 0.29) is 12.0 Å². The summed E-state index contributed by atoms with van der Waals surface area (Å²) in [6, 6.07) is 7.85. The maximum Gasteiger partial charge on any atom is 0.222 e. The van der Waals surface area contributed by atoms with Crippen LogP contribution in [-0.2, 0) is 6.54 Å². The summed E-state index contributed by atoms with van der Waals surface area (Å²) >= 11 is 0. The predicted octanol–water partition coefficient (Wildman–Crippen LogP) is 1.93. The third-order valence-corrected chi connectivity index (χ3v) is 4.32. The number of nitrogen functional groups attached to an aromatic ring is 1. The maximum atomic E-state index is 5.85. The lowest BCUT2D eigenvalue weighted by molar-refractivity contribution is 0.345. The molecule has 0 atom stereocenters. The van der Waals surface area contributed by atoms with Gasteiger partial charge in [-0.2, -0.15) is 4.98 Å². The molecule has 4 rings (SSSR count). The Morgan fingerprint density at radius 1 is 1.24 bits per heavy atom. The second kappa shape index (κ2) is 6.48. The fourth-order valence-electron chi connectivity index (χ4n) is 2.91. The van der Waals surface area contributed by atoms with Crippen molar-refractivity contribution in [3.05, 3.63) is 48.1 Å². The topological polar surface area (TPSA) is 129 Å². The van der Waals surface area contributed by atoms with Gasteiger partial charge in [-0.15, -0.1) is 0 Å². The molecule has 1 saturated carbocycles. The first-order valence-electron chi connectivity index (χ1n) is 8.17. The highest BCUT2D eigenvalue weighted by Crippen LogP contribution is 2.35. The molecular weight excluding hydrogens is 318 g/mol. The molecule has 1 aliphatic carbocycles. The van der Waals surface area contributed by atoms with Crippen LogP contribution in [0.4, 0.5) is 11.8 Å². The molecule has 1 aliphatic rings. The molecule has 1 fully saturated rings. The van der Waals surface area contributed by atoms with Crippen molar-refractivity contribution in [1.29, 1.82) is 0 Å². The van der Waals surface area contributed by atoms with E-state index in [1.54, 1.807) is 12.4 Å². The van der Waals surface area contributed by atoms with Gasteiger partial charge in [-0.25, -0.2) is 4.98 Å². The van der Waals surface area contributed by atoms with E-state index in [2.05, 4.69) is 25.4 Å². The summed E-state index contributed by atoms with van der Waals surface area (Å²) in [5.41, 5.74) is 14.3. The smallest absolute Gasteiger partial charge is 0.222 e. The van der Waals surface area contributed by atoms with Crippen LogP contribution in [0, 0.1) is 0 Å². The summed E-state index contributed by atoms with van der Waals surface area (Å²) in [5, 5.41) is 7.28. The van der Waals surface area contributed by atoms with Crippen LogP contribution in [0.2, 0.25) is 0 Å². The molecule has 5 N–H and O–H groups in total. The van der Waals surface area contributed by atoms with E-state index in [4.69, 9.17) is 16.0 Å². The molecule has 0 spiro atoms. The van der Waals surface area contributed by atoms with Crippen molar-refractivity contribution in [1.82, 2.24) is 20.1 Å². The lowest BCUT2D eigenvalue weighted by Crippen LogP contribution is -2.35. The second-order valence-electron chi connectivity index (χ2n) is 6.24. The van der Waals surface area contributed by atoms with Crippen molar-refractivity contribution in [2.45, 2.75) is 31.3 Å². The van der Waals surface area contributed by atoms with E-state index in [1.807, 2.05) is 24.3 Å². The van der Waals surface area contributed by atoms with Crippen molar-refractivity contribution in [3.8, 4) is 11.3 Å². The first-order valence-corrected chi connectivity index (χ1v) is 8.17. The van der Waals surface area contributed by atoms with Gasteiger partial charge in [-0.3, -0.25) is 4.98 Å². The third-order valence-electron chi connectivity index (χ3n) is 4.32. The van der Waals surface area contributed by atoms with E-state index < -0.39 is 0 Å². The van der Waals surface area contributed by atoms with E-state index in [0.29, 0.717) is 24.0 Å². The number of pyridine rings is 1. The Bertz CT molecular complexity index is 858. The molecule has 3 aromatic rings. The molecule has 0 bridgehead atoms. The average Bonchev–Trinajstić information content (AvgIpc) is 3.06. The van der Waals surface area contributed by atoms with Crippen LogP contribution in [0.3, 0.4) is 0 Å². The maximum absolute atomic E-state index is 5.85. The number of rotatable bonds is 5. The van der Waals surface area contributed by atoms with E-state index in [1.165, 1.54) is 0 Å². The number of nitrogens with two attached hydrogens (primary N) is 2. The predicted molar refractivity (Wildman–Crippen MR) is 93.5 cm³/mol. The monoisotopic (exact) mass is 337 g/mol. The van der Waals surface area contributed by atoms with Gasteiger partial charge in [0.2, 0.25) is 5.95 Å². The van der Waals surface area contributed by atoms with Crippen molar-refractivity contribution in [2.75, 3.05) is 11.1 Å². The van der Waals surface area contributed by atoms with E-state index in [9.17, 15) is 0 Å². The van der Waals surface area contributed by atoms with Gasteiger partial charge in [0.15, 0.2) is 5.76 Å². The van der Waals surface area contributed by atoms with E-state index >= 15 is 0 Å². The number of nitrogens with one attached hydrogen (secondary N) is 1. The number of hydrogen-bond acceptors (Lipinski definition) is 8. The van der Waals surface area contributed by atoms with Gasteiger partial charge in [0.1, 0.15) is 11.5 Å². The van der Waals surface area contributed by atoms with Crippen molar-refractivity contribution >= 4 is 11.8 Å². The summed E-state index contributed by atoms with van der Waals surface area (Å²) in [6.45, 7) is 0.452. The highest BCUT2D eigenvalue weighted by Gasteiger charge is 2.29. The van der Waals surface area contributed by atoms with Crippen LogP contribution in [0.5, 0.6) is 0 Å². The van der Waals surface area contributed by atoms with Crippen LogP contribution in [-0.4, -0.2) is 26.2 Å². The van der Waals surface area contributed by atoms with E-state index in [0.717, 1.165) is 29.8 Å². The standard InChI is InChI=1S/C17H19N7O/c18-12-4-11(5-12)14-7-16(23-17(19)22-14)21-9-13-6-15(24-25-13)10-2-1-3-20-8-10/h1-3,6-8,11-12H,4-5,9,18H2,(H3,19,21,22,23). The largest absolute Gasteiger partial charge is 0.368 e. The normalized spacial score (nSPS) is 19.4. The first-order chi connectivity index (χ1) is 12.2. The van der Waals surface area contributed by atoms with Gasteiger partial charge >= 0.3 is 0 Å². The molecule has 3 heterocycles. The molecule has 3 aromatic heterocycles. The lowest BCUT2D eigenvalue weighted by Gasteiger charge is -2.32. The highest BCUT2D eigenvalue weighted by molar-refractivity contribution is 5.57. The Morgan fingerprint density at radius 3 is 2.88 bits per heavy atom. The second-order valence-corrected chi connectivity index (χ2v) is 6.24. The Hall–Kier alpha value is -3.00. The van der Waals surface area contributed by atoms with Gasteiger partial charge in [0.25, 0.3) is 0 Å². The Balaban J connectivity index is 1.44. The summed E-state index contributed by atoms with van der Waals surface area (Å²) in [4.78, 5) is 12.6. The van der Waals surface area contributed by atoms with Crippen molar-refractivity contribution < 1.29 is 4.52 Å². The fourth-order valence-corrected chi connectivity index (χ4v) is 2.91. The minimum atomic E-state index is 0.258. The molecule has 8 nitrogen and oxygen atoms in total. The van der Waals surface area contributed by atoms with Crippen LogP contribution in [0.1, 0.15) is 30.2 Å². The summed E-state index contributed by atoms with van der Waals surface area (Å²) in [7, 11) is 0. The van der Waals surface area contributed by atoms with Gasteiger partial charge in [-0.1, -0.05) is 5.16 Å². The Kier molecular flexibility index (Phi) is 4.02. The average molecular weight is 337 g/mol. The van der Waals surface area contributed by atoms with Gasteiger partial charge < -0.3 is 21.3 Å². The molecule has 0 amide bonds. The Labute approximate surface area is 144 Å². The molecule has 0 radical (unpaired) electrons. The van der Waals surface area contributed by atoms with Crippen LogP contribution in [0.25, 0.3) is 11.3 Å². The zero-order chi connectivity index (χ0) is 17.2. The number of nitrogens with zero attached hydrogens (tertiary/aromatic N) is 4. The molecule has 128 valence electrons. The molecular formula is C17H19N7O. The molecule has 0 saturated heterocycles. The number of hydrogen-bond donors (Lipinski definition) is 3. The number of aromatic nitrogens is 4. The summed E-state index contributed by atoms with van der Waals surface area (Å²) in [6.07, 6.45) is 5.34. The summed E-state index contributed by atoms with van der Waals surface area (Å²) < 4.78 is 5.36. The van der Waals surface area contributed by atoms with Crippen molar-refractivity contribution in [2.24, 2.45) is 5.73 Å². The molecule has 8 heteroatoms. The minimum absolute atomic E-state index is 0.258. The minimum Gasteiger partial charge on any atom is -0.368 e. The third kappa shape index (κ3) is 3.43. The van der Waals surface area contributed by atoms with Gasteiger partial charge in [-0.05, 0) is 25.0 Å². The van der Waals surface area contributed by atoms with Crippen LogP contribution >= 0.6 is 0 Å². The molecule has 0 unspecified atom stereocenters.